The second kappa shape index (κ2) is 3.85. The lowest BCUT2D eigenvalue weighted by atomic mass is 10.2. The van der Waals surface area contributed by atoms with E-state index in [2.05, 4.69) is 0 Å². The van der Waals surface area contributed by atoms with Crippen molar-refractivity contribution in [3.05, 3.63) is 42.0 Å². The summed E-state index contributed by atoms with van der Waals surface area (Å²) in [7, 11) is 0. The minimum Gasteiger partial charge on any atom is -0.232 e. The van der Waals surface area contributed by atoms with Crippen molar-refractivity contribution in [1.82, 2.24) is 0 Å². The Morgan fingerprint density at radius 2 is 1.90 bits per heavy atom. The van der Waals surface area contributed by atoms with E-state index < -0.39 is 0 Å². The van der Waals surface area contributed by atoms with Crippen LogP contribution in [0, 0.1) is 0 Å². The van der Waals surface area contributed by atoms with Gasteiger partial charge in [0.25, 0.3) is 0 Å². The fourth-order valence-corrected chi connectivity index (χ4v) is 0.748. The van der Waals surface area contributed by atoms with E-state index in [1.165, 1.54) is 0 Å². The van der Waals surface area contributed by atoms with E-state index >= 15 is 0 Å². The molecule has 0 bridgehead atoms. The highest BCUT2D eigenvalue weighted by Gasteiger charge is 1.79. The molecule has 0 saturated heterocycles. The van der Waals surface area contributed by atoms with Crippen LogP contribution >= 0.6 is 0 Å². The van der Waals surface area contributed by atoms with E-state index in [0.29, 0.717) is 0 Å². The zero-order chi connectivity index (χ0) is 7.23. The van der Waals surface area contributed by atoms with Crippen molar-refractivity contribution in [2.45, 2.75) is 0 Å². The average Bonchev–Trinajstić information content (AvgIpc) is 2.03. The van der Waals surface area contributed by atoms with Gasteiger partial charge in [-0.2, -0.15) is 0 Å². The molecule has 0 spiro atoms. The van der Waals surface area contributed by atoms with Crippen LogP contribution in [-0.4, -0.2) is 6.61 Å². The summed E-state index contributed by atoms with van der Waals surface area (Å²) in [4.78, 5) is 0. The predicted molar refractivity (Wildman–Crippen MR) is 41.0 cm³/mol. The van der Waals surface area contributed by atoms with Crippen molar-refractivity contribution in [3.8, 4) is 0 Å². The van der Waals surface area contributed by atoms with Crippen LogP contribution in [0.15, 0.2) is 36.4 Å². The summed E-state index contributed by atoms with van der Waals surface area (Å²) in [6.07, 6.45) is 3.43. The van der Waals surface area contributed by atoms with Crippen molar-refractivity contribution in [2.24, 2.45) is 0 Å². The number of benzene rings is 1. The summed E-state index contributed by atoms with van der Waals surface area (Å²) in [5, 5.41) is 10.0. The molecule has 51 valence electrons. The maximum atomic E-state index is 10.0. The Hall–Kier alpha value is -1.08. The van der Waals surface area contributed by atoms with Gasteiger partial charge in [-0.05, 0) is 5.56 Å². The maximum absolute atomic E-state index is 10.0. The third-order valence-electron chi connectivity index (χ3n) is 1.21. The van der Waals surface area contributed by atoms with E-state index in [4.69, 9.17) is 0 Å². The minimum atomic E-state index is -0.144. The number of hydrogen-bond acceptors (Lipinski definition) is 0. The SMILES string of the molecule is [O]C/C=C\c1ccccc1. The van der Waals surface area contributed by atoms with Crippen LogP contribution in [0.3, 0.4) is 0 Å². The van der Waals surface area contributed by atoms with Gasteiger partial charge in [-0.25, -0.2) is 5.11 Å². The molecule has 1 aromatic carbocycles. The molecular weight excluding hydrogens is 124 g/mol. The molecule has 0 atom stereocenters. The van der Waals surface area contributed by atoms with Gasteiger partial charge in [0.1, 0.15) is 6.61 Å². The molecule has 0 aromatic heterocycles. The second-order valence-corrected chi connectivity index (χ2v) is 1.98. The van der Waals surface area contributed by atoms with Gasteiger partial charge in [0.2, 0.25) is 0 Å². The van der Waals surface area contributed by atoms with Gasteiger partial charge in [-0.1, -0.05) is 42.5 Å². The topological polar surface area (TPSA) is 19.9 Å². The van der Waals surface area contributed by atoms with Crippen molar-refractivity contribution >= 4 is 6.08 Å². The lowest BCUT2D eigenvalue weighted by molar-refractivity contribution is 0.233. The van der Waals surface area contributed by atoms with Gasteiger partial charge in [0.15, 0.2) is 0 Å². The molecule has 1 nitrogen and oxygen atoms in total. The molecule has 0 aliphatic carbocycles. The highest BCUT2D eigenvalue weighted by atomic mass is 16.2. The van der Waals surface area contributed by atoms with E-state index in [0.717, 1.165) is 5.56 Å². The summed E-state index contributed by atoms with van der Waals surface area (Å²) in [6, 6.07) is 9.78. The average molecular weight is 133 g/mol. The molecule has 1 radical (unpaired) electrons. The molecule has 0 saturated carbocycles. The van der Waals surface area contributed by atoms with E-state index in [1.807, 2.05) is 36.4 Å². The monoisotopic (exact) mass is 133 g/mol. The van der Waals surface area contributed by atoms with Crippen molar-refractivity contribution in [3.63, 3.8) is 0 Å². The van der Waals surface area contributed by atoms with Gasteiger partial charge < -0.3 is 0 Å². The smallest absolute Gasteiger partial charge is 0.101 e. The van der Waals surface area contributed by atoms with Crippen LogP contribution in [0.4, 0.5) is 0 Å². The zero-order valence-corrected chi connectivity index (χ0v) is 5.66. The van der Waals surface area contributed by atoms with Crippen molar-refractivity contribution in [2.75, 3.05) is 6.61 Å². The van der Waals surface area contributed by atoms with E-state index in [1.54, 1.807) is 6.08 Å². The molecule has 0 amide bonds. The zero-order valence-electron chi connectivity index (χ0n) is 5.66. The Kier molecular flexibility index (Phi) is 2.71. The van der Waals surface area contributed by atoms with Gasteiger partial charge in [-0.15, -0.1) is 0 Å². The fraction of sp³-hybridized carbons (Fsp3) is 0.111. The number of rotatable bonds is 2. The van der Waals surface area contributed by atoms with Crippen LogP contribution in [0.2, 0.25) is 0 Å². The van der Waals surface area contributed by atoms with Gasteiger partial charge >= 0.3 is 0 Å². The lowest BCUT2D eigenvalue weighted by Crippen LogP contribution is -1.70. The Labute approximate surface area is 60.6 Å². The Balaban J connectivity index is 2.67. The summed E-state index contributed by atoms with van der Waals surface area (Å²) in [5.74, 6) is 0. The van der Waals surface area contributed by atoms with Gasteiger partial charge in [-0.3, -0.25) is 0 Å². The molecule has 0 unspecified atom stereocenters. The Morgan fingerprint density at radius 1 is 1.20 bits per heavy atom. The Morgan fingerprint density at radius 3 is 2.50 bits per heavy atom. The minimum absolute atomic E-state index is 0.144. The highest BCUT2D eigenvalue weighted by molar-refractivity contribution is 5.48. The standard InChI is InChI=1S/C9H9O/c10-8-4-7-9-5-2-1-3-6-9/h1-7H,8H2/b7-4-. The first-order chi connectivity index (χ1) is 4.93. The largest absolute Gasteiger partial charge is 0.232 e. The third-order valence-corrected chi connectivity index (χ3v) is 1.21. The first kappa shape index (κ1) is 7.03. The fourth-order valence-electron chi connectivity index (χ4n) is 0.748. The van der Waals surface area contributed by atoms with Gasteiger partial charge in [0, 0.05) is 0 Å². The molecule has 1 aromatic rings. The summed E-state index contributed by atoms with van der Waals surface area (Å²) >= 11 is 0. The van der Waals surface area contributed by atoms with E-state index in [9.17, 15) is 5.11 Å². The molecule has 1 heteroatoms. The molecule has 1 rings (SSSR count). The van der Waals surface area contributed by atoms with Crippen LogP contribution in [0.1, 0.15) is 5.56 Å². The molecule has 0 heterocycles. The summed E-state index contributed by atoms with van der Waals surface area (Å²) in [6.45, 7) is -0.144. The highest BCUT2D eigenvalue weighted by Crippen LogP contribution is 1.99. The molecular formula is C9H9O. The van der Waals surface area contributed by atoms with Crippen LogP contribution in [-0.2, 0) is 5.11 Å². The normalized spacial score (nSPS) is 10.5. The third kappa shape index (κ3) is 2.03. The van der Waals surface area contributed by atoms with Gasteiger partial charge in [0.05, 0.1) is 0 Å². The van der Waals surface area contributed by atoms with Crippen LogP contribution in [0.5, 0.6) is 0 Å². The second-order valence-electron chi connectivity index (χ2n) is 1.98. The molecule has 0 aliphatic rings. The Bertz CT molecular complexity index is 201. The first-order valence-electron chi connectivity index (χ1n) is 3.23. The lowest BCUT2D eigenvalue weighted by Gasteiger charge is -1.87. The molecule has 0 N–H and O–H groups in total. The predicted octanol–water partition coefficient (Wildman–Crippen LogP) is 2.13. The van der Waals surface area contributed by atoms with Crippen molar-refractivity contribution in [1.29, 1.82) is 0 Å². The number of hydrogen-bond donors (Lipinski definition) is 0. The summed E-state index contributed by atoms with van der Waals surface area (Å²) < 4.78 is 0. The first-order valence-corrected chi connectivity index (χ1v) is 3.23. The maximum Gasteiger partial charge on any atom is 0.101 e. The molecule has 10 heavy (non-hydrogen) atoms. The van der Waals surface area contributed by atoms with Crippen LogP contribution in [0.25, 0.3) is 6.08 Å². The summed E-state index contributed by atoms with van der Waals surface area (Å²) in [5.41, 5.74) is 1.08. The van der Waals surface area contributed by atoms with Crippen LogP contribution < -0.4 is 0 Å². The molecule has 0 fully saturated rings. The van der Waals surface area contributed by atoms with E-state index in [-0.39, 0.29) is 6.61 Å². The molecule has 0 aliphatic heterocycles. The van der Waals surface area contributed by atoms with Crippen molar-refractivity contribution < 1.29 is 5.11 Å². The quantitative estimate of drug-likeness (QED) is 0.589.